The third-order valence-corrected chi connectivity index (χ3v) is 5.66. The molecule has 12 heteroatoms. The minimum absolute atomic E-state index is 0.102. The number of carbonyl (C=O) groups is 1. The summed E-state index contributed by atoms with van der Waals surface area (Å²) in [5.41, 5.74) is 0.880. The Morgan fingerprint density at radius 1 is 0.846 bits per heavy atom. The van der Waals surface area contributed by atoms with Crippen LogP contribution in [0.3, 0.4) is 0 Å². The van der Waals surface area contributed by atoms with Crippen LogP contribution in [0.25, 0.3) is 5.82 Å². The first-order chi connectivity index (χ1) is 18.8. The van der Waals surface area contributed by atoms with Crippen LogP contribution in [0.4, 0.5) is 42.1 Å². The average molecular weight is 531 g/mol. The third-order valence-electron chi connectivity index (χ3n) is 5.66. The minimum atomic E-state index is -4.54. The molecular formula is C27H21F3N8O. The lowest BCUT2D eigenvalue weighted by Crippen LogP contribution is -2.14. The molecule has 0 saturated carbocycles. The van der Waals surface area contributed by atoms with E-state index in [2.05, 4.69) is 35.9 Å². The predicted octanol–water partition coefficient (Wildman–Crippen LogP) is 6.12. The van der Waals surface area contributed by atoms with E-state index in [1.165, 1.54) is 18.5 Å². The first-order valence-corrected chi connectivity index (χ1v) is 11.7. The summed E-state index contributed by atoms with van der Waals surface area (Å²) in [4.78, 5) is 29.9. The van der Waals surface area contributed by atoms with Gasteiger partial charge in [0.05, 0.1) is 5.56 Å². The number of hydrogen-bond acceptors (Lipinski definition) is 7. The van der Waals surface area contributed by atoms with Crippen molar-refractivity contribution in [2.24, 2.45) is 0 Å². The molecule has 0 saturated heterocycles. The van der Waals surface area contributed by atoms with Gasteiger partial charge in [0.15, 0.2) is 0 Å². The number of pyridine rings is 1. The van der Waals surface area contributed by atoms with Crippen molar-refractivity contribution in [1.82, 2.24) is 24.5 Å². The van der Waals surface area contributed by atoms with Gasteiger partial charge in [0.25, 0.3) is 5.91 Å². The van der Waals surface area contributed by atoms with Crippen molar-refractivity contribution in [3.05, 3.63) is 108 Å². The highest BCUT2D eigenvalue weighted by Gasteiger charge is 2.30. The fourth-order valence-corrected chi connectivity index (χ4v) is 3.69. The summed E-state index contributed by atoms with van der Waals surface area (Å²) in [5.74, 6) is 1.49. The Morgan fingerprint density at radius 3 is 2.51 bits per heavy atom. The van der Waals surface area contributed by atoms with E-state index in [-0.39, 0.29) is 5.56 Å². The first kappa shape index (κ1) is 25.4. The lowest BCUT2D eigenvalue weighted by Gasteiger charge is -2.14. The molecule has 5 aromatic rings. The number of hydrogen-bond donors (Lipinski definition) is 3. The summed E-state index contributed by atoms with van der Waals surface area (Å²) in [6, 6.07) is 16.6. The number of aryl methyl sites for hydroxylation is 1. The molecular weight excluding hydrogens is 509 g/mol. The van der Waals surface area contributed by atoms with Gasteiger partial charge < -0.3 is 16.0 Å². The fraction of sp³-hybridized carbons (Fsp3) is 0.0741. The smallest absolute Gasteiger partial charge is 0.325 e. The van der Waals surface area contributed by atoms with Gasteiger partial charge in [-0.2, -0.15) is 13.2 Å². The van der Waals surface area contributed by atoms with Crippen molar-refractivity contribution < 1.29 is 18.0 Å². The predicted molar refractivity (Wildman–Crippen MR) is 141 cm³/mol. The standard InChI is InChI=1S/C27H21F3N8O/c1-17-8-9-20(35-25(39)18-5-4-6-19(13-18)27(28,29)30)14-21(17)36-26-32-11-12-38(26)24-15-23(33-16-34-24)37-22-7-2-3-10-31-22/h2-16H,1H3,(H,32,36)(H,35,39)(H,31,33,34,37). The molecule has 0 unspecified atom stereocenters. The van der Waals surface area contributed by atoms with Crippen LogP contribution in [-0.2, 0) is 6.18 Å². The number of carbonyl (C=O) groups excluding carboxylic acids is 1. The van der Waals surface area contributed by atoms with Gasteiger partial charge in [-0.15, -0.1) is 0 Å². The number of aromatic nitrogens is 5. The maximum atomic E-state index is 13.0. The van der Waals surface area contributed by atoms with Crippen LogP contribution in [0.5, 0.6) is 0 Å². The number of benzene rings is 2. The summed E-state index contributed by atoms with van der Waals surface area (Å²) in [7, 11) is 0. The molecule has 1 amide bonds. The lowest BCUT2D eigenvalue weighted by atomic mass is 10.1. The molecule has 0 radical (unpaired) electrons. The highest BCUT2D eigenvalue weighted by molar-refractivity contribution is 6.04. The van der Waals surface area contributed by atoms with Crippen LogP contribution in [0.15, 0.2) is 91.6 Å². The Balaban J connectivity index is 1.35. The van der Waals surface area contributed by atoms with Gasteiger partial charge in [0.2, 0.25) is 5.95 Å². The molecule has 0 spiro atoms. The Labute approximate surface area is 220 Å². The fourth-order valence-electron chi connectivity index (χ4n) is 3.69. The Bertz CT molecular complexity index is 1620. The molecule has 0 aliphatic heterocycles. The summed E-state index contributed by atoms with van der Waals surface area (Å²) in [6.07, 6.45) is 1.87. The molecule has 0 aliphatic rings. The highest BCUT2D eigenvalue weighted by Crippen LogP contribution is 2.30. The van der Waals surface area contributed by atoms with Crippen molar-refractivity contribution in [2.45, 2.75) is 13.1 Å². The van der Waals surface area contributed by atoms with E-state index < -0.39 is 17.6 Å². The number of imidazole rings is 1. The monoisotopic (exact) mass is 530 g/mol. The topological polar surface area (TPSA) is 110 Å². The molecule has 196 valence electrons. The molecule has 0 aliphatic carbocycles. The molecule has 9 nitrogen and oxygen atoms in total. The molecule has 0 bridgehead atoms. The summed E-state index contributed by atoms with van der Waals surface area (Å²) in [6.45, 7) is 1.87. The van der Waals surface area contributed by atoms with Gasteiger partial charge in [-0.05, 0) is 55.0 Å². The van der Waals surface area contributed by atoms with Gasteiger partial charge >= 0.3 is 6.18 Å². The van der Waals surface area contributed by atoms with Crippen molar-refractivity contribution in [2.75, 3.05) is 16.0 Å². The van der Waals surface area contributed by atoms with Crippen LogP contribution in [0.2, 0.25) is 0 Å². The van der Waals surface area contributed by atoms with Crippen LogP contribution >= 0.6 is 0 Å². The lowest BCUT2D eigenvalue weighted by molar-refractivity contribution is -0.137. The minimum Gasteiger partial charge on any atom is -0.325 e. The van der Waals surface area contributed by atoms with E-state index in [9.17, 15) is 18.0 Å². The van der Waals surface area contributed by atoms with Gasteiger partial charge in [0, 0.05) is 41.6 Å². The Morgan fingerprint density at radius 2 is 1.72 bits per heavy atom. The molecule has 0 atom stereocenters. The van der Waals surface area contributed by atoms with Crippen LogP contribution in [0.1, 0.15) is 21.5 Å². The van der Waals surface area contributed by atoms with E-state index in [0.717, 1.165) is 17.7 Å². The Kier molecular flexibility index (Phi) is 6.91. The van der Waals surface area contributed by atoms with Crippen molar-refractivity contribution in [3.63, 3.8) is 0 Å². The van der Waals surface area contributed by atoms with Crippen LogP contribution in [0, 0.1) is 6.92 Å². The molecule has 5 rings (SSSR count). The molecule has 3 N–H and O–H groups in total. The van der Waals surface area contributed by atoms with Gasteiger partial charge in [-0.1, -0.05) is 18.2 Å². The summed E-state index contributed by atoms with van der Waals surface area (Å²) in [5, 5.41) is 9.00. The second kappa shape index (κ2) is 10.6. The zero-order valence-electron chi connectivity index (χ0n) is 20.4. The number of nitrogens with zero attached hydrogens (tertiary/aromatic N) is 5. The second-order valence-corrected chi connectivity index (χ2v) is 8.41. The quantitative estimate of drug-likeness (QED) is 0.232. The van der Waals surface area contributed by atoms with Crippen molar-refractivity contribution in [3.8, 4) is 5.82 Å². The van der Waals surface area contributed by atoms with E-state index in [0.29, 0.717) is 34.8 Å². The zero-order chi connectivity index (χ0) is 27.4. The zero-order valence-corrected chi connectivity index (χ0v) is 20.4. The summed E-state index contributed by atoms with van der Waals surface area (Å²) < 4.78 is 40.9. The molecule has 0 fully saturated rings. The number of amides is 1. The number of rotatable bonds is 7. The van der Waals surface area contributed by atoms with E-state index in [1.54, 1.807) is 47.4 Å². The van der Waals surface area contributed by atoms with E-state index >= 15 is 0 Å². The third kappa shape index (κ3) is 6.01. The second-order valence-electron chi connectivity index (χ2n) is 8.41. The highest BCUT2D eigenvalue weighted by atomic mass is 19.4. The largest absolute Gasteiger partial charge is 0.416 e. The average Bonchev–Trinajstić information content (AvgIpc) is 3.39. The number of alkyl halides is 3. The Hall–Kier alpha value is -5.26. The number of halogens is 3. The number of anilines is 5. The van der Waals surface area contributed by atoms with Crippen LogP contribution in [-0.4, -0.2) is 30.4 Å². The summed E-state index contributed by atoms with van der Waals surface area (Å²) >= 11 is 0. The van der Waals surface area contributed by atoms with Crippen molar-refractivity contribution >= 4 is 34.9 Å². The maximum Gasteiger partial charge on any atom is 0.416 e. The number of nitrogens with one attached hydrogen (secondary N) is 3. The van der Waals surface area contributed by atoms with E-state index in [1.807, 2.05) is 25.1 Å². The van der Waals surface area contributed by atoms with Crippen LogP contribution < -0.4 is 16.0 Å². The molecule has 3 aromatic heterocycles. The van der Waals surface area contributed by atoms with Gasteiger partial charge in [0.1, 0.15) is 23.8 Å². The molecule has 39 heavy (non-hydrogen) atoms. The van der Waals surface area contributed by atoms with Gasteiger partial charge in [-0.3, -0.25) is 9.36 Å². The first-order valence-electron chi connectivity index (χ1n) is 11.7. The van der Waals surface area contributed by atoms with E-state index in [4.69, 9.17) is 0 Å². The maximum absolute atomic E-state index is 13.0. The van der Waals surface area contributed by atoms with Crippen molar-refractivity contribution in [1.29, 1.82) is 0 Å². The SMILES string of the molecule is Cc1ccc(NC(=O)c2cccc(C(F)(F)F)c2)cc1Nc1nccn1-c1cc(Nc2ccccn2)ncn1. The molecule has 2 aromatic carbocycles. The van der Waals surface area contributed by atoms with Gasteiger partial charge in [-0.25, -0.2) is 19.9 Å². The normalized spacial score (nSPS) is 11.2. The molecule has 3 heterocycles.